The summed E-state index contributed by atoms with van der Waals surface area (Å²) in [5.41, 5.74) is 1.28. The van der Waals surface area contributed by atoms with Gasteiger partial charge in [0, 0.05) is 38.5 Å². The van der Waals surface area contributed by atoms with E-state index in [0.29, 0.717) is 42.4 Å². The summed E-state index contributed by atoms with van der Waals surface area (Å²) in [6, 6.07) is 8.16. The molecular weight excluding hydrogens is 486 g/mol. The second-order valence-corrected chi connectivity index (χ2v) is 11.6. The zero-order valence-electron chi connectivity index (χ0n) is 23.3. The van der Waals surface area contributed by atoms with Gasteiger partial charge < -0.3 is 25.0 Å². The number of carbonyl (C=O) groups is 2. The summed E-state index contributed by atoms with van der Waals surface area (Å²) >= 11 is 0. The summed E-state index contributed by atoms with van der Waals surface area (Å²) in [5, 5.41) is 13.4. The Hall–Kier alpha value is -1.63. The molecule has 210 valence electrons. The van der Waals surface area contributed by atoms with Crippen molar-refractivity contribution >= 4 is 24.6 Å². The van der Waals surface area contributed by atoms with Crippen LogP contribution >= 0.6 is 12.4 Å². The van der Waals surface area contributed by atoms with Crippen molar-refractivity contribution in [3.8, 4) is 5.75 Å². The van der Waals surface area contributed by atoms with Crippen LogP contribution in [0.1, 0.15) is 84.1 Å². The molecule has 1 heterocycles. The fourth-order valence-electron chi connectivity index (χ4n) is 6.07. The average molecular weight is 536 g/mol. The number of nitrogens with one attached hydrogen (secondary N) is 1. The van der Waals surface area contributed by atoms with E-state index in [-0.39, 0.29) is 17.8 Å². The first-order valence-electron chi connectivity index (χ1n) is 14.3. The molecule has 2 fully saturated rings. The summed E-state index contributed by atoms with van der Waals surface area (Å²) in [4.78, 5) is 28.7. The number of benzene rings is 1. The molecule has 2 N–H and O–H groups in total. The van der Waals surface area contributed by atoms with Crippen molar-refractivity contribution in [3.63, 3.8) is 0 Å². The van der Waals surface area contributed by atoms with Crippen molar-refractivity contribution < 1.29 is 14.7 Å². The van der Waals surface area contributed by atoms with Gasteiger partial charge in [-0.05, 0) is 80.3 Å². The molecule has 1 amide bonds. The van der Waals surface area contributed by atoms with Gasteiger partial charge in [-0.3, -0.25) is 4.79 Å². The van der Waals surface area contributed by atoms with Crippen LogP contribution in [0.15, 0.2) is 24.3 Å². The summed E-state index contributed by atoms with van der Waals surface area (Å²) in [6.45, 7) is 12.2. The van der Waals surface area contributed by atoms with Crippen molar-refractivity contribution in [2.45, 2.75) is 90.0 Å². The van der Waals surface area contributed by atoms with Gasteiger partial charge in [0.2, 0.25) is 5.91 Å². The monoisotopic (exact) mass is 535 g/mol. The molecule has 0 bridgehead atoms. The number of amides is 1. The summed E-state index contributed by atoms with van der Waals surface area (Å²) < 4.78 is 0. The van der Waals surface area contributed by atoms with Crippen molar-refractivity contribution in [3.05, 3.63) is 29.8 Å². The molecule has 2 aliphatic rings. The third-order valence-electron chi connectivity index (χ3n) is 8.80. The Morgan fingerprint density at radius 2 is 2.05 bits per heavy atom. The SMILES string of the molecule is CC(CC=O)CNCCCC(=O)N(CCN1CC[C@](C)(c2cccc(O)c2)[C@@H](C)C1)C1CCCCC1.Cl. The Morgan fingerprint density at radius 3 is 2.73 bits per heavy atom. The number of halogens is 1. The van der Waals surface area contributed by atoms with Crippen LogP contribution in [0.25, 0.3) is 0 Å². The molecule has 0 spiro atoms. The smallest absolute Gasteiger partial charge is 0.222 e. The number of phenolic OH excluding ortho intramolecular Hbond substituents is 1. The van der Waals surface area contributed by atoms with E-state index < -0.39 is 0 Å². The summed E-state index contributed by atoms with van der Waals surface area (Å²) in [7, 11) is 0. The predicted molar refractivity (Wildman–Crippen MR) is 153 cm³/mol. The zero-order valence-corrected chi connectivity index (χ0v) is 24.1. The number of piperidine rings is 1. The number of carbonyl (C=O) groups excluding carboxylic acids is 2. The maximum atomic E-state index is 13.3. The highest BCUT2D eigenvalue weighted by Gasteiger charge is 2.38. The van der Waals surface area contributed by atoms with Crippen LogP contribution in [-0.4, -0.2) is 72.4 Å². The maximum Gasteiger partial charge on any atom is 0.222 e. The van der Waals surface area contributed by atoms with Crippen LogP contribution in [0.2, 0.25) is 0 Å². The topological polar surface area (TPSA) is 72.9 Å². The molecule has 1 aromatic carbocycles. The Morgan fingerprint density at radius 1 is 1.30 bits per heavy atom. The van der Waals surface area contributed by atoms with E-state index in [1.165, 1.54) is 24.8 Å². The van der Waals surface area contributed by atoms with Gasteiger partial charge >= 0.3 is 0 Å². The lowest BCUT2D eigenvalue weighted by Gasteiger charge is -2.46. The molecule has 1 saturated carbocycles. The van der Waals surface area contributed by atoms with Crippen LogP contribution in [0.4, 0.5) is 0 Å². The molecule has 1 aromatic rings. The first kappa shape index (κ1) is 31.6. The third kappa shape index (κ3) is 9.26. The number of nitrogens with zero attached hydrogens (tertiary/aromatic N) is 2. The van der Waals surface area contributed by atoms with E-state index in [9.17, 15) is 14.7 Å². The summed E-state index contributed by atoms with van der Waals surface area (Å²) in [5.74, 6) is 1.47. The highest BCUT2D eigenvalue weighted by molar-refractivity contribution is 5.85. The van der Waals surface area contributed by atoms with Crippen LogP contribution in [-0.2, 0) is 15.0 Å². The Kier molecular flexibility index (Phi) is 13.4. The average Bonchev–Trinajstić information content (AvgIpc) is 2.87. The van der Waals surface area contributed by atoms with E-state index in [1.54, 1.807) is 6.07 Å². The van der Waals surface area contributed by atoms with Gasteiger partial charge in [0.1, 0.15) is 12.0 Å². The molecule has 6 nitrogen and oxygen atoms in total. The van der Waals surface area contributed by atoms with E-state index in [2.05, 4.69) is 42.0 Å². The Bertz CT molecular complexity index is 832. The third-order valence-corrected chi connectivity index (χ3v) is 8.80. The Balaban J connectivity index is 0.00000481. The maximum absolute atomic E-state index is 13.3. The molecule has 1 unspecified atom stereocenters. The van der Waals surface area contributed by atoms with Gasteiger partial charge in [-0.25, -0.2) is 0 Å². The molecule has 3 atom stereocenters. The van der Waals surface area contributed by atoms with E-state index >= 15 is 0 Å². The van der Waals surface area contributed by atoms with Crippen LogP contribution < -0.4 is 5.32 Å². The number of hydrogen-bond donors (Lipinski definition) is 2. The number of phenols is 1. The molecule has 3 rings (SSSR count). The predicted octanol–water partition coefficient (Wildman–Crippen LogP) is 5.17. The molecular formula is C30H50ClN3O3. The van der Waals surface area contributed by atoms with E-state index in [4.69, 9.17) is 0 Å². The largest absolute Gasteiger partial charge is 0.508 e. The first-order chi connectivity index (χ1) is 17.3. The normalized spacial score (nSPS) is 23.7. The minimum atomic E-state index is 0. The second kappa shape index (κ2) is 15.7. The molecule has 1 aliphatic carbocycles. The molecule has 7 heteroatoms. The van der Waals surface area contributed by atoms with Gasteiger partial charge in [0.15, 0.2) is 0 Å². The minimum Gasteiger partial charge on any atom is -0.508 e. The highest BCUT2D eigenvalue weighted by atomic mass is 35.5. The molecule has 37 heavy (non-hydrogen) atoms. The highest BCUT2D eigenvalue weighted by Crippen LogP contribution is 2.40. The van der Waals surface area contributed by atoms with Crippen LogP contribution in [0, 0.1) is 11.8 Å². The van der Waals surface area contributed by atoms with Crippen molar-refractivity contribution in [2.24, 2.45) is 11.8 Å². The molecule has 1 aliphatic heterocycles. The second-order valence-electron chi connectivity index (χ2n) is 11.6. The lowest BCUT2D eigenvalue weighted by atomic mass is 9.68. The van der Waals surface area contributed by atoms with Crippen molar-refractivity contribution in [1.29, 1.82) is 0 Å². The quantitative estimate of drug-likeness (QED) is 0.269. The lowest BCUT2D eigenvalue weighted by Crippen LogP contribution is -2.51. The van der Waals surface area contributed by atoms with Gasteiger partial charge in [-0.2, -0.15) is 0 Å². The van der Waals surface area contributed by atoms with Gasteiger partial charge in [-0.15, -0.1) is 12.4 Å². The minimum absolute atomic E-state index is 0. The molecule has 1 saturated heterocycles. The first-order valence-corrected chi connectivity index (χ1v) is 14.3. The molecule has 0 radical (unpaired) electrons. The Labute approximate surface area is 231 Å². The van der Waals surface area contributed by atoms with Crippen LogP contribution in [0.3, 0.4) is 0 Å². The van der Waals surface area contributed by atoms with Crippen molar-refractivity contribution in [1.82, 2.24) is 15.1 Å². The molecule has 0 aromatic heterocycles. The number of hydrogen-bond acceptors (Lipinski definition) is 5. The fourth-order valence-corrected chi connectivity index (χ4v) is 6.07. The van der Waals surface area contributed by atoms with Gasteiger partial charge in [-0.1, -0.05) is 52.2 Å². The lowest BCUT2D eigenvalue weighted by molar-refractivity contribution is -0.134. The zero-order chi connectivity index (χ0) is 26.0. The number of aromatic hydroxyl groups is 1. The van der Waals surface area contributed by atoms with E-state index in [1.807, 2.05) is 12.1 Å². The standard InChI is InChI=1S/C30H49N3O3.ClH/c1-24(14-20-34)22-31-16-8-13-29(36)33(27-10-5-4-6-11-27)19-18-32-17-15-30(3,25(2)23-32)26-9-7-12-28(35)21-26;/h7,9,12,20-21,24-25,27,31,35H,4-6,8,10-11,13-19,22-23H2,1-3H3;1H/t24?,25-,30-;/m0./s1. The van der Waals surface area contributed by atoms with Crippen molar-refractivity contribution in [2.75, 3.05) is 39.3 Å². The fraction of sp³-hybridized carbons (Fsp3) is 0.733. The summed E-state index contributed by atoms with van der Waals surface area (Å²) in [6.07, 6.45) is 10.1. The number of rotatable bonds is 13. The van der Waals surface area contributed by atoms with Crippen LogP contribution in [0.5, 0.6) is 5.75 Å². The van der Waals surface area contributed by atoms with Gasteiger partial charge in [0.05, 0.1) is 0 Å². The number of aldehydes is 1. The van der Waals surface area contributed by atoms with E-state index in [0.717, 1.165) is 71.2 Å². The van der Waals surface area contributed by atoms with Gasteiger partial charge in [0.25, 0.3) is 0 Å². The number of likely N-dealkylation sites (tertiary alicyclic amines) is 1.